The maximum atomic E-state index is 16.0. The average Bonchev–Trinajstić information content (AvgIpc) is 1.63. The Hall–Kier alpha value is -12.9. The number of aromatic amines is 2. The first-order valence-electron chi connectivity index (χ1n) is 46.5. The fraction of sp³-hybridized carbons (Fsp3) is 0.564. The van der Waals surface area contributed by atoms with Gasteiger partial charge >= 0.3 is 11.9 Å². The second-order valence-corrected chi connectivity index (χ2v) is 35.6. The fourth-order valence-electron chi connectivity index (χ4n) is 17.5. The number of nitrogens with zero attached hydrogens (tertiary/aromatic N) is 7. The van der Waals surface area contributed by atoms with Crippen LogP contribution in [-0.4, -0.2) is 298 Å². The Balaban J connectivity index is 1.10. The monoisotopic (exact) mass is 1860 g/mol. The number of H-pyrrole nitrogens is 2. The second kappa shape index (κ2) is 50.9. The standard InChI is InChI=1S/C94H134N20O20/c1-9-11-29-75-87(127)104-68(42-55(3)4)83(123)98-40-22-19-33-79(117)101-71(43-57-34-36-61(115)37-35-57)90(130)109(6)56(5)82(122)107-73(48-80(118)119)93(133)113-41-23-32-76(113)88(128)106-70(46-60-50-97-54-100-60)86(126)103-67(28-18-21-39-96)92(132)114-52-62(116)47-78(114)89(129)105-69(44-58-49-99-65-26-15-13-24-63(58)65)85(125)102-66(27-17-20-38-95)84(124)108-72(91(131)111(8)77(30-12-10-2)94(134)110(75)7)45-59-51-112(53-81(120)121)74-31-16-14-25-64(59)74/h13-16,24-26,31,34-37,49-51,54-56,62,66-73,75-78,99,115-116H,9-12,17-23,27-30,32-33,38-48,52-53,95-96H2,1-8H3,(H,97,100)(H,98,123)(H,101,117)(H,102,125)(H,103,126)(H,104,127)(H,105,129)(H,106,128)(H,107,122)(H,108,124)(H,118,119)(H,120,121)/t56-,62+,66-,67-,68-,69-,70-,71-,72-,73-,75-,76-,77-,78-/m0/s1. The number of aliphatic hydroxyl groups is 1. The van der Waals surface area contributed by atoms with E-state index in [2.05, 4.69) is 62.8 Å². The Bertz CT molecular complexity index is 5060. The smallest absolute Gasteiger partial charge is 0.323 e. The van der Waals surface area contributed by atoms with Gasteiger partial charge in [-0.05, 0) is 150 Å². The number of carbonyl (C=O) groups excluding carboxylic acids is 14. The molecule has 19 N–H and O–H groups in total. The first kappa shape index (κ1) is 105. The number of para-hydroxylation sites is 2. The predicted molar refractivity (Wildman–Crippen MR) is 494 cm³/mol. The number of aliphatic hydroxyl groups excluding tert-OH is 1. The van der Waals surface area contributed by atoms with Crippen LogP contribution in [0.25, 0.3) is 21.8 Å². The lowest BCUT2D eigenvalue weighted by atomic mass is 9.99. The number of unbranched alkanes of at least 4 members (excludes halogenated alkanes) is 4. The van der Waals surface area contributed by atoms with Gasteiger partial charge in [-0.2, -0.15) is 0 Å². The summed E-state index contributed by atoms with van der Waals surface area (Å²) in [5.41, 5.74) is 14.8. The molecule has 3 aromatic carbocycles. The molecule has 0 bridgehead atoms. The number of fused-ring (bicyclic) bond motifs is 4. The van der Waals surface area contributed by atoms with Crippen molar-refractivity contribution in [2.45, 2.75) is 280 Å². The van der Waals surface area contributed by atoms with Crippen molar-refractivity contribution in [3.05, 3.63) is 120 Å². The minimum Gasteiger partial charge on any atom is -0.508 e. The third kappa shape index (κ3) is 29.1. The van der Waals surface area contributed by atoms with E-state index in [1.54, 1.807) is 60.9 Å². The number of aromatic nitrogens is 4. The molecule has 3 saturated heterocycles. The molecular formula is C94H134N20O20. The molecule has 730 valence electrons. The van der Waals surface area contributed by atoms with Crippen LogP contribution < -0.4 is 59.3 Å². The van der Waals surface area contributed by atoms with E-state index in [9.17, 15) is 58.8 Å². The lowest BCUT2D eigenvalue weighted by Gasteiger charge is -2.36. The van der Waals surface area contributed by atoms with Crippen molar-refractivity contribution in [3.63, 3.8) is 0 Å². The minimum atomic E-state index is -1.85. The number of imidazole rings is 1. The Morgan fingerprint density at radius 3 is 1.73 bits per heavy atom. The third-order valence-corrected chi connectivity index (χ3v) is 25.1. The van der Waals surface area contributed by atoms with Crippen LogP contribution in [0, 0.1) is 5.92 Å². The summed E-state index contributed by atoms with van der Waals surface area (Å²) in [6, 6.07) is 0.679. The highest BCUT2D eigenvalue weighted by Gasteiger charge is 2.47. The van der Waals surface area contributed by atoms with Crippen LogP contribution >= 0.6 is 0 Å². The summed E-state index contributed by atoms with van der Waals surface area (Å²) < 4.78 is 1.48. The lowest BCUT2D eigenvalue weighted by Crippen LogP contribution is -2.61. The second-order valence-electron chi connectivity index (χ2n) is 35.6. The number of benzene rings is 3. The molecule has 0 radical (unpaired) electrons. The highest BCUT2D eigenvalue weighted by atomic mass is 16.4. The van der Waals surface area contributed by atoms with Crippen LogP contribution in [0.4, 0.5) is 0 Å². The van der Waals surface area contributed by atoms with Gasteiger partial charge < -0.3 is 119 Å². The number of amides is 14. The number of nitrogens with one attached hydrogen (secondary N) is 11. The summed E-state index contributed by atoms with van der Waals surface area (Å²) in [4.78, 5) is 253. The average molecular weight is 1860 g/mol. The van der Waals surface area contributed by atoms with Crippen molar-refractivity contribution < 1.29 is 97.1 Å². The Kier molecular flexibility index (Phi) is 39.8. The minimum absolute atomic E-state index is 0.0110. The molecule has 0 aliphatic carbocycles. The van der Waals surface area contributed by atoms with Gasteiger partial charge in [0.1, 0.15) is 90.8 Å². The Morgan fingerprint density at radius 1 is 0.515 bits per heavy atom. The van der Waals surface area contributed by atoms with Crippen LogP contribution in [0.2, 0.25) is 0 Å². The first-order valence-corrected chi connectivity index (χ1v) is 46.5. The molecule has 9 rings (SSSR count). The molecule has 134 heavy (non-hydrogen) atoms. The number of phenolic OH excluding ortho intramolecular Hbond substituents is 1. The van der Waals surface area contributed by atoms with Crippen molar-refractivity contribution in [2.24, 2.45) is 17.4 Å². The number of phenols is 1. The van der Waals surface area contributed by atoms with Crippen molar-refractivity contribution in [2.75, 3.05) is 53.9 Å². The molecule has 14 amide bonds. The number of carbonyl (C=O) groups is 16. The molecule has 14 atom stereocenters. The molecule has 0 spiro atoms. The van der Waals surface area contributed by atoms with Gasteiger partial charge in [-0.25, -0.2) is 4.98 Å². The van der Waals surface area contributed by atoms with Crippen molar-refractivity contribution in [1.82, 2.24) is 91.9 Å². The summed E-state index contributed by atoms with van der Waals surface area (Å²) in [6.07, 6.45) is 5.62. The maximum absolute atomic E-state index is 16.0. The number of carboxylic acid groups (broad SMARTS) is 2. The quantitative estimate of drug-likeness (QED) is 0.0311. The van der Waals surface area contributed by atoms with Crippen LogP contribution in [0.3, 0.4) is 0 Å². The van der Waals surface area contributed by atoms with E-state index in [0.29, 0.717) is 77.0 Å². The normalized spacial score (nSPS) is 24.4. The highest BCUT2D eigenvalue weighted by Crippen LogP contribution is 2.29. The van der Waals surface area contributed by atoms with Gasteiger partial charge in [0.15, 0.2) is 0 Å². The van der Waals surface area contributed by atoms with Gasteiger partial charge in [-0.1, -0.05) is 102 Å². The van der Waals surface area contributed by atoms with E-state index < -0.39 is 199 Å². The largest absolute Gasteiger partial charge is 0.508 e. The van der Waals surface area contributed by atoms with E-state index in [1.165, 1.54) is 79.2 Å². The summed E-state index contributed by atoms with van der Waals surface area (Å²) in [7, 11) is 4.10. The zero-order valence-electron chi connectivity index (χ0n) is 77.7. The van der Waals surface area contributed by atoms with Crippen LogP contribution in [-0.2, 0) is 109 Å². The SMILES string of the molecule is CCCC[C@H]1C(=O)N(C)[C@@H](CCCC)C(=O)N[C@@H](CC(C)C)C(=O)NCCCCC(=O)N[C@@H](Cc2ccc(O)cc2)C(=O)N(C)[C@@H](C)C(=O)N[C@@H](CC(=O)O)C(=O)N2CCC[C@H]2C(=O)N[C@@H](Cc2c[nH]cn2)C(=O)N[C@@H](CCCCN)C(=O)N2C[C@H](O)C[C@H]2C(=O)N[C@@H](Cc2c[nH]c3ccccc23)C(=O)N[C@@H](CCCCN)C(=O)N[C@@H](Cc2cn(CC(=O)O)c3ccccc23)C(=O)N1C. The summed E-state index contributed by atoms with van der Waals surface area (Å²) in [5.74, 6) is -14.6. The van der Waals surface area contributed by atoms with E-state index in [0.717, 1.165) is 14.7 Å². The fourth-order valence-corrected chi connectivity index (χ4v) is 17.5. The molecule has 3 aliphatic heterocycles. The molecule has 0 saturated carbocycles. The van der Waals surface area contributed by atoms with Gasteiger partial charge in [0.2, 0.25) is 82.7 Å². The van der Waals surface area contributed by atoms with Gasteiger partial charge in [0, 0.05) is 120 Å². The third-order valence-electron chi connectivity index (χ3n) is 25.1. The molecule has 6 aromatic rings. The summed E-state index contributed by atoms with van der Waals surface area (Å²) in [5, 5.41) is 68.5. The van der Waals surface area contributed by atoms with Gasteiger partial charge in [0.25, 0.3) is 0 Å². The van der Waals surface area contributed by atoms with E-state index in [4.69, 9.17) is 11.5 Å². The van der Waals surface area contributed by atoms with Crippen LogP contribution in [0.1, 0.15) is 185 Å². The van der Waals surface area contributed by atoms with Crippen LogP contribution in [0.15, 0.2) is 97.7 Å². The number of carboxylic acids is 2. The number of nitrogens with two attached hydrogens (primary N) is 2. The van der Waals surface area contributed by atoms with Crippen molar-refractivity contribution in [1.29, 1.82) is 0 Å². The summed E-state index contributed by atoms with van der Waals surface area (Å²) in [6.45, 7) is 8.02. The number of aliphatic carboxylic acids is 2. The number of hydrogen-bond acceptors (Lipinski definition) is 21. The van der Waals surface area contributed by atoms with Crippen LogP contribution in [0.5, 0.6) is 5.75 Å². The molecule has 6 heterocycles. The molecular weight excluding hydrogens is 1730 g/mol. The van der Waals surface area contributed by atoms with Crippen molar-refractivity contribution in [3.8, 4) is 5.75 Å². The molecule has 3 fully saturated rings. The topological polar surface area (TPSA) is 580 Å². The lowest BCUT2D eigenvalue weighted by molar-refractivity contribution is -0.149. The zero-order chi connectivity index (χ0) is 97.6. The summed E-state index contributed by atoms with van der Waals surface area (Å²) >= 11 is 0. The Labute approximate surface area is 778 Å². The van der Waals surface area contributed by atoms with E-state index in [-0.39, 0.29) is 153 Å². The number of aromatic hydroxyl groups is 1. The number of hydrogen-bond donors (Lipinski definition) is 17. The maximum Gasteiger partial charge on any atom is 0.323 e. The molecule has 40 heteroatoms. The van der Waals surface area contributed by atoms with Gasteiger partial charge in [0.05, 0.1) is 24.5 Å². The van der Waals surface area contributed by atoms with E-state index in [1.807, 2.05) is 27.7 Å². The van der Waals surface area contributed by atoms with E-state index >= 15 is 38.4 Å². The number of likely N-dealkylation sites (N-methyl/N-ethyl adjacent to an activating group) is 3. The zero-order valence-corrected chi connectivity index (χ0v) is 77.7. The Morgan fingerprint density at radius 2 is 1.08 bits per heavy atom. The van der Waals surface area contributed by atoms with Gasteiger partial charge in [-0.15, -0.1) is 0 Å². The first-order chi connectivity index (χ1) is 64.0. The highest BCUT2D eigenvalue weighted by molar-refractivity contribution is 6.02. The molecule has 3 aromatic heterocycles. The van der Waals surface area contributed by atoms with Gasteiger partial charge in [-0.3, -0.25) is 76.7 Å². The molecule has 3 aliphatic rings. The molecule has 0 unspecified atom stereocenters. The predicted octanol–water partition coefficient (Wildman–Crippen LogP) is 1.70. The number of rotatable bonds is 28. The van der Waals surface area contributed by atoms with Crippen molar-refractivity contribution >= 4 is 116 Å². The molecule has 40 nitrogen and oxygen atoms in total.